The molecule has 0 saturated carbocycles. The van der Waals surface area contributed by atoms with E-state index in [1.54, 1.807) is 0 Å². The second-order valence-electron chi connectivity index (χ2n) is 5.98. The Balaban J connectivity index is 2.09. The maximum Gasteiger partial charge on any atom is 0.263 e. The monoisotopic (exact) mass is 290 g/mol. The fraction of sp³-hybridized carbons (Fsp3) is 0.588. The van der Waals surface area contributed by atoms with Gasteiger partial charge in [-0.1, -0.05) is 12.1 Å². The highest BCUT2D eigenvalue weighted by Gasteiger charge is 2.24. The summed E-state index contributed by atoms with van der Waals surface area (Å²) in [5.74, 6) is 0.801. The van der Waals surface area contributed by atoms with Crippen LogP contribution < -0.4 is 10.5 Å². The van der Waals surface area contributed by atoms with Crippen molar-refractivity contribution in [3.63, 3.8) is 0 Å². The molecule has 1 aromatic rings. The molecule has 1 heterocycles. The van der Waals surface area contributed by atoms with E-state index in [4.69, 9.17) is 10.5 Å². The van der Waals surface area contributed by atoms with Gasteiger partial charge in [-0.05, 0) is 51.7 Å². The van der Waals surface area contributed by atoms with E-state index in [0.717, 1.165) is 42.8 Å². The number of amides is 1. The summed E-state index contributed by atoms with van der Waals surface area (Å²) >= 11 is 0. The maximum absolute atomic E-state index is 12.4. The molecule has 2 N–H and O–H groups in total. The number of hydrogen-bond acceptors (Lipinski definition) is 3. The number of likely N-dealkylation sites (tertiary alicyclic amines) is 1. The van der Waals surface area contributed by atoms with E-state index in [9.17, 15) is 4.79 Å². The van der Waals surface area contributed by atoms with Crippen LogP contribution in [0.2, 0.25) is 0 Å². The van der Waals surface area contributed by atoms with Crippen LogP contribution in [0.3, 0.4) is 0 Å². The topological polar surface area (TPSA) is 55.6 Å². The smallest absolute Gasteiger partial charge is 0.263 e. The number of nitrogens with two attached hydrogens (primary N) is 1. The van der Waals surface area contributed by atoms with Gasteiger partial charge in [0.2, 0.25) is 0 Å². The molecule has 0 spiro atoms. The predicted molar refractivity (Wildman–Crippen MR) is 84.3 cm³/mol. The summed E-state index contributed by atoms with van der Waals surface area (Å²) < 4.78 is 5.93. The summed E-state index contributed by atoms with van der Waals surface area (Å²) in [7, 11) is 0. The average Bonchev–Trinajstić information content (AvgIpc) is 2.47. The summed E-state index contributed by atoms with van der Waals surface area (Å²) in [5.41, 5.74) is 8.03. The minimum absolute atomic E-state index is 0.0758. The van der Waals surface area contributed by atoms with E-state index >= 15 is 0 Å². The molecule has 116 valence electrons. The van der Waals surface area contributed by atoms with Crippen LogP contribution in [0.15, 0.2) is 18.2 Å². The van der Waals surface area contributed by atoms with Gasteiger partial charge in [0, 0.05) is 24.7 Å². The second kappa shape index (κ2) is 6.94. The number of ether oxygens (including phenoxy) is 1. The third kappa shape index (κ3) is 3.97. The number of piperidine rings is 1. The van der Waals surface area contributed by atoms with E-state index in [2.05, 4.69) is 0 Å². The van der Waals surface area contributed by atoms with Crippen molar-refractivity contribution in [2.24, 2.45) is 5.73 Å². The number of hydrogen-bond donors (Lipinski definition) is 1. The van der Waals surface area contributed by atoms with E-state index in [1.165, 1.54) is 6.42 Å². The Kier molecular flexibility index (Phi) is 5.23. The molecule has 2 unspecified atom stereocenters. The van der Waals surface area contributed by atoms with Crippen LogP contribution in [0.4, 0.5) is 0 Å². The molecule has 0 aliphatic carbocycles. The molecular weight excluding hydrogens is 264 g/mol. The molecule has 1 saturated heterocycles. The van der Waals surface area contributed by atoms with E-state index in [-0.39, 0.29) is 11.9 Å². The summed E-state index contributed by atoms with van der Waals surface area (Å²) in [5, 5.41) is 0. The fourth-order valence-electron chi connectivity index (χ4n) is 2.73. The number of carbonyl (C=O) groups excluding carboxylic acids is 1. The lowest BCUT2D eigenvalue weighted by molar-refractivity contribution is -0.138. The molecule has 2 rings (SSSR count). The van der Waals surface area contributed by atoms with Gasteiger partial charge in [-0.3, -0.25) is 4.79 Å². The van der Waals surface area contributed by atoms with Crippen LogP contribution in [-0.4, -0.2) is 30.0 Å². The number of rotatable bonds is 4. The molecule has 1 amide bonds. The van der Waals surface area contributed by atoms with Gasteiger partial charge in [-0.15, -0.1) is 0 Å². The molecule has 0 aromatic heterocycles. The maximum atomic E-state index is 12.4. The Labute approximate surface area is 127 Å². The Morgan fingerprint density at radius 1 is 1.24 bits per heavy atom. The van der Waals surface area contributed by atoms with Crippen molar-refractivity contribution in [2.75, 3.05) is 13.1 Å². The van der Waals surface area contributed by atoms with Gasteiger partial charge in [0.1, 0.15) is 5.75 Å². The first kappa shape index (κ1) is 15.8. The SMILES string of the molecule is Cc1ccc(C(C)N)c(OC(C)C(=O)N2CCCCC2)c1. The van der Waals surface area contributed by atoms with Gasteiger partial charge in [0.15, 0.2) is 6.10 Å². The zero-order valence-corrected chi connectivity index (χ0v) is 13.3. The highest BCUT2D eigenvalue weighted by molar-refractivity contribution is 5.81. The molecule has 1 fully saturated rings. The Morgan fingerprint density at radius 2 is 1.90 bits per heavy atom. The molecule has 21 heavy (non-hydrogen) atoms. The van der Waals surface area contributed by atoms with E-state index < -0.39 is 6.10 Å². The number of carbonyl (C=O) groups is 1. The van der Waals surface area contributed by atoms with Crippen LogP contribution >= 0.6 is 0 Å². The van der Waals surface area contributed by atoms with Crippen LogP contribution in [-0.2, 0) is 4.79 Å². The largest absolute Gasteiger partial charge is 0.481 e. The van der Waals surface area contributed by atoms with Crippen LogP contribution in [0.5, 0.6) is 5.75 Å². The molecule has 1 aliphatic heterocycles. The number of nitrogens with zero attached hydrogens (tertiary/aromatic N) is 1. The van der Waals surface area contributed by atoms with Gasteiger partial charge < -0.3 is 15.4 Å². The minimum Gasteiger partial charge on any atom is -0.481 e. The molecule has 0 radical (unpaired) electrons. The Hall–Kier alpha value is -1.55. The lowest BCUT2D eigenvalue weighted by Gasteiger charge is -2.29. The molecular formula is C17H26N2O2. The standard InChI is InChI=1S/C17H26N2O2/c1-12-7-8-15(13(2)18)16(11-12)21-14(3)17(20)19-9-5-4-6-10-19/h7-8,11,13-14H,4-6,9-10,18H2,1-3H3. The first-order valence-electron chi connectivity index (χ1n) is 7.80. The Bertz CT molecular complexity index is 494. The zero-order valence-electron chi connectivity index (χ0n) is 13.3. The van der Waals surface area contributed by atoms with Crippen LogP contribution in [0.1, 0.15) is 50.3 Å². The van der Waals surface area contributed by atoms with Crippen molar-refractivity contribution in [2.45, 2.75) is 52.2 Å². The summed E-state index contributed by atoms with van der Waals surface area (Å²) in [6.07, 6.45) is 2.93. The highest BCUT2D eigenvalue weighted by Crippen LogP contribution is 2.26. The van der Waals surface area contributed by atoms with Gasteiger partial charge in [-0.25, -0.2) is 0 Å². The van der Waals surface area contributed by atoms with Gasteiger partial charge in [0.05, 0.1) is 0 Å². The first-order valence-corrected chi connectivity index (χ1v) is 7.80. The van der Waals surface area contributed by atoms with Crippen molar-refractivity contribution in [1.29, 1.82) is 0 Å². The highest BCUT2D eigenvalue weighted by atomic mass is 16.5. The quantitative estimate of drug-likeness (QED) is 0.927. The normalized spacial score (nSPS) is 18.2. The lowest BCUT2D eigenvalue weighted by atomic mass is 10.1. The third-order valence-corrected chi connectivity index (χ3v) is 3.98. The van der Waals surface area contributed by atoms with Crippen molar-refractivity contribution in [1.82, 2.24) is 4.90 Å². The van der Waals surface area contributed by atoms with E-state index in [0.29, 0.717) is 0 Å². The van der Waals surface area contributed by atoms with Crippen LogP contribution in [0.25, 0.3) is 0 Å². The van der Waals surface area contributed by atoms with Crippen molar-refractivity contribution in [3.8, 4) is 5.75 Å². The molecule has 0 bridgehead atoms. The zero-order chi connectivity index (χ0) is 15.4. The lowest BCUT2D eigenvalue weighted by Crippen LogP contribution is -2.43. The Morgan fingerprint density at radius 3 is 2.52 bits per heavy atom. The molecule has 1 aliphatic rings. The predicted octanol–water partition coefficient (Wildman–Crippen LogP) is 2.79. The summed E-state index contributed by atoms with van der Waals surface area (Å²) in [6, 6.07) is 5.84. The van der Waals surface area contributed by atoms with Gasteiger partial charge >= 0.3 is 0 Å². The molecule has 4 nitrogen and oxygen atoms in total. The number of aryl methyl sites for hydroxylation is 1. The van der Waals surface area contributed by atoms with Crippen LogP contribution in [0, 0.1) is 6.92 Å². The van der Waals surface area contributed by atoms with Gasteiger partial charge in [0.25, 0.3) is 5.91 Å². The van der Waals surface area contributed by atoms with Crippen molar-refractivity contribution < 1.29 is 9.53 Å². The minimum atomic E-state index is -0.470. The summed E-state index contributed by atoms with van der Waals surface area (Å²) in [6.45, 7) is 7.45. The summed E-state index contributed by atoms with van der Waals surface area (Å²) in [4.78, 5) is 14.4. The third-order valence-electron chi connectivity index (χ3n) is 3.98. The number of benzene rings is 1. The molecule has 1 aromatic carbocycles. The second-order valence-corrected chi connectivity index (χ2v) is 5.98. The van der Waals surface area contributed by atoms with E-state index in [1.807, 2.05) is 43.9 Å². The average molecular weight is 290 g/mol. The van der Waals surface area contributed by atoms with Crippen molar-refractivity contribution in [3.05, 3.63) is 29.3 Å². The van der Waals surface area contributed by atoms with Gasteiger partial charge in [-0.2, -0.15) is 0 Å². The molecule has 4 heteroatoms. The fourth-order valence-corrected chi connectivity index (χ4v) is 2.73. The first-order chi connectivity index (χ1) is 9.99. The molecule has 2 atom stereocenters. The van der Waals surface area contributed by atoms with Crippen molar-refractivity contribution >= 4 is 5.91 Å².